The summed E-state index contributed by atoms with van der Waals surface area (Å²) in [4.78, 5) is 7.06. The molecule has 1 saturated carbocycles. The highest BCUT2D eigenvalue weighted by molar-refractivity contribution is 7.09. The Balaban J connectivity index is 1.54. The Morgan fingerprint density at radius 3 is 2.70 bits per heavy atom. The summed E-state index contributed by atoms with van der Waals surface area (Å²) in [7, 11) is 0. The Bertz CT molecular complexity index is 390. The van der Waals surface area contributed by atoms with Crippen LogP contribution in [0.1, 0.15) is 38.1 Å². The molecule has 1 N–H and O–H groups in total. The van der Waals surface area contributed by atoms with Crippen LogP contribution in [0.5, 0.6) is 0 Å². The van der Waals surface area contributed by atoms with Crippen molar-refractivity contribution in [3.8, 4) is 0 Å². The van der Waals surface area contributed by atoms with Crippen molar-refractivity contribution in [2.24, 2.45) is 11.8 Å². The molecule has 1 aliphatic carbocycles. The van der Waals surface area contributed by atoms with Gasteiger partial charge in [-0.05, 0) is 38.5 Å². The van der Waals surface area contributed by atoms with Crippen molar-refractivity contribution in [1.29, 1.82) is 0 Å². The number of thiazole rings is 1. The van der Waals surface area contributed by atoms with Crippen molar-refractivity contribution in [2.75, 3.05) is 19.6 Å². The summed E-state index contributed by atoms with van der Waals surface area (Å²) in [6.07, 6.45) is 7.26. The van der Waals surface area contributed by atoms with Crippen molar-refractivity contribution in [3.05, 3.63) is 16.6 Å². The van der Waals surface area contributed by atoms with E-state index in [1.54, 1.807) is 11.3 Å². The van der Waals surface area contributed by atoms with Crippen LogP contribution in [0.25, 0.3) is 0 Å². The van der Waals surface area contributed by atoms with E-state index in [1.807, 2.05) is 6.20 Å². The van der Waals surface area contributed by atoms with Gasteiger partial charge in [-0.2, -0.15) is 0 Å². The van der Waals surface area contributed by atoms with Crippen LogP contribution in [-0.4, -0.2) is 41.6 Å². The topological polar surface area (TPSA) is 28.2 Å². The van der Waals surface area contributed by atoms with E-state index in [0.717, 1.165) is 30.8 Å². The van der Waals surface area contributed by atoms with Gasteiger partial charge >= 0.3 is 0 Å². The summed E-state index contributed by atoms with van der Waals surface area (Å²) in [6, 6.07) is 1.45. The quantitative estimate of drug-likeness (QED) is 0.905. The molecule has 3 rings (SSSR count). The Kier molecular flexibility index (Phi) is 4.74. The van der Waals surface area contributed by atoms with Crippen LogP contribution in [0, 0.1) is 11.8 Å². The predicted molar refractivity (Wildman–Crippen MR) is 85.1 cm³/mol. The Morgan fingerprint density at radius 1 is 1.35 bits per heavy atom. The van der Waals surface area contributed by atoms with Gasteiger partial charge in [0, 0.05) is 49.7 Å². The first-order valence-electron chi connectivity index (χ1n) is 8.10. The number of hydrogen-bond acceptors (Lipinski definition) is 4. The van der Waals surface area contributed by atoms with Gasteiger partial charge in [0.1, 0.15) is 0 Å². The molecule has 0 spiro atoms. The van der Waals surface area contributed by atoms with E-state index in [0.29, 0.717) is 6.04 Å². The number of hydrogen-bond donors (Lipinski definition) is 1. The third-order valence-corrected chi connectivity index (χ3v) is 5.88. The summed E-state index contributed by atoms with van der Waals surface area (Å²) in [5, 5.41) is 7.20. The molecule has 1 saturated heterocycles. The van der Waals surface area contributed by atoms with Crippen LogP contribution < -0.4 is 5.32 Å². The maximum absolute atomic E-state index is 4.38. The highest BCUT2D eigenvalue weighted by Gasteiger charge is 2.39. The molecule has 2 fully saturated rings. The molecule has 1 aliphatic heterocycles. The molecule has 2 atom stereocenters. The minimum absolute atomic E-state index is 0.703. The van der Waals surface area contributed by atoms with Gasteiger partial charge in [-0.3, -0.25) is 0 Å². The van der Waals surface area contributed by atoms with Gasteiger partial charge in [-0.25, -0.2) is 4.98 Å². The van der Waals surface area contributed by atoms with Crippen molar-refractivity contribution in [1.82, 2.24) is 15.2 Å². The Morgan fingerprint density at radius 2 is 2.10 bits per heavy atom. The molecule has 2 bridgehead atoms. The van der Waals surface area contributed by atoms with Gasteiger partial charge < -0.3 is 10.2 Å². The van der Waals surface area contributed by atoms with Crippen molar-refractivity contribution < 1.29 is 0 Å². The first-order valence-corrected chi connectivity index (χ1v) is 8.98. The zero-order valence-corrected chi connectivity index (χ0v) is 13.5. The molecule has 3 nitrogen and oxygen atoms in total. The molecular formula is C16H27N3S. The third-order valence-electron chi connectivity index (χ3n) is 5.04. The minimum atomic E-state index is 0.703. The first kappa shape index (κ1) is 14.5. The molecule has 2 unspecified atom stereocenters. The van der Waals surface area contributed by atoms with Crippen LogP contribution in [0.2, 0.25) is 0 Å². The van der Waals surface area contributed by atoms with Crippen LogP contribution in [0.3, 0.4) is 0 Å². The highest BCUT2D eigenvalue weighted by Crippen LogP contribution is 2.35. The molecule has 20 heavy (non-hydrogen) atoms. The fraction of sp³-hybridized carbons (Fsp3) is 0.812. The first-order chi connectivity index (χ1) is 9.74. The van der Waals surface area contributed by atoms with Gasteiger partial charge in [0.15, 0.2) is 0 Å². The maximum Gasteiger partial charge on any atom is 0.0937 e. The Labute approximate surface area is 126 Å². The number of rotatable bonds is 5. The normalized spacial score (nSPS) is 30.9. The number of aromatic nitrogens is 1. The summed E-state index contributed by atoms with van der Waals surface area (Å²) < 4.78 is 0. The largest absolute Gasteiger partial charge is 0.313 e. The maximum atomic E-state index is 4.38. The fourth-order valence-electron chi connectivity index (χ4n) is 3.95. The van der Waals surface area contributed by atoms with E-state index in [9.17, 15) is 0 Å². The number of likely N-dealkylation sites (tertiary alicyclic amines) is 1. The smallest absolute Gasteiger partial charge is 0.0937 e. The van der Waals surface area contributed by atoms with Crippen LogP contribution in [0.15, 0.2) is 11.6 Å². The lowest BCUT2D eigenvalue weighted by molar-refractivity contribution is 0.0300. The van der Waals surface area contributed by atoms with E-state index in [-0.39, 0.29) is 0 Å². The Hall–Kier alpha value is -0.450. The van der Waals surface area contributed by atoms with E-state index in [1.165, 1.54) is 37.4 Å². The summed E-state index contributed by atoms with van der Waals surface area (Å²) in [5.74, 6) is 1.72. The number of fused-ring (bicyclic) bond motifs is 2. The monoisotopic (exact) mass is 293 g/mol. The summed E-state index contributed by atoms with van der Waals surface area (Å²) in [5.41, 5.74) is 0. The van der Waals surface area contributed by atoms with Gasteiger partial charge in [0.05, 0.1) is 5.01 Å². The second-order valence-corrected chi connectivity index (χ2v) is 7.63. The molecule has 1 aromatic heterocycles. The average Bonchev–Trinajstić information content (AvgIpc) is 2.91. The SMILES string of the molecule is CC(C)N1CC2CCCC(C1)C2NCCc1nccs1. The zero-order valence-electron chi connectivity index (χ0n) is 12.7. The molecule has 112 valence electrons. The second-order valence-electron chi connectivity index (χ2n) is 6.65. The highest BCUT2D eigenvalue weighted by atomic mass is 32.1. The average molecular weight is 293 g/mol. The lowest BCUT2D eigenvalue weighted by Crippen LogP contribution is -2.58. The van der Waals surface area contributed by atoms with E-state index in [2.05, 4.69) is 34.4 Å². The van der Waals surface area contributed by atoms with Crippen LogP contribution >= 0.6 is 11.3 Å². The van der Waals surface area contributed by atoms with Gasteiger partial charge in [-0.1, -0.05) is 6.42 Å². The number of piperidine rings is 1. The number of nitrogens with zero attached hydrogens (tertiary/aromatic N) is 2. The van der Waals surface area contributed by atoms with Gasteiger partial charge in [-0.15, -0.1) is 11.3 Å². The lowest BCUT2D eigenvalue weighted by Gasteiger charge is -2.49. The van der Waals surface area contributed by atoms with Crippen LogP contribution in [0.4, 0.5) is 0 Å². The van der Waals surface area contributed by atoms with Gasteiger partial charge in [0.2, 0.25) is 0 Å². The fourth-order valence-corrected chi connectivity index (χ4v) is 4.57. The standard InChI is InChI=1S/C16H27N3S/c1-12(2)19-10-13-4-3-5-14(11-19)16(13)18-7-6-15-17-8-9-20-15/h8-9,12-14,16,18H,3-7,10-11H2,1-2H3. The van der Waals surface area contributed by atoms with Crippen molar-refractivity contribution in [3.63, 3.8) is 0 Å². The van der Waals surface area contributed by atoms with E-state index >= 15 is 0 Å². The second kappa shape index (κ2) is 6.54. The molecule has 2 aliphatic rings. The zero-order chi connectivity index (χ0) is 13.9. The lowest BCUT2D eigenvalue weighted by atomic mass is 9.73. The van der Waals surface area contributed by atoms with Crippen molar-refractivity contribution >= 4 is 11.3 Å². The molecular weight excluding hydrogens is 266 g/mol. The third kappa shape index (κ3) is 3.23. The van der Waals surface area contributed by atoms with E-state index < -0.39 is 0 Å². The van der Waals surface area contributed by atoms with E-state index in [4.69, 9.17) is 0 Å². The van der Waals surface area contributed by atoms with Gasteiger partial charge in [0.25, 0.3) is 0 Å². The molecule has 0 amide bonds. The van der Waals surface area contributed by atoms with Crippen molar-refractivity contribution in [2.45, 2.75) is 51.6 Å². The molecule has 2 heterocycles. The predicted octanol–water partition coefficient (Wildman–Crippen LogP) is 2.78. The molecule has 0 aromatic carbocycles. The summed E-state index contributed by atoms with van der Waals surface area (Å²) >= 11 is 1.78. The molecule has 1 aromatic rings. The van der Waals surface area contributed by atoms with Crippen LogP contribution in [-0.2, 0) is 6.42 Å². The summed E-state index contributed by atoms with van der Waals surface area (Å²) in [6.45, 7) is 8.36. The number of nitrogens with one attached hydrogen (secondary N) is 1. The molecule has 4 heteroatoms. The minimum Gasteiger partial charge on any atom is -0.313 e. The molecule has 0 radical (unpaired) electrons.